The van der Waals surface area contributed by atoms with E-state index < -0.39 is 5.54 Å². The van der Waals surface area contributed by atoms with E-state index in [0.29, 0.717) is 6.67 Å². The molecule has 2 aliphatic rings. The molecule has 1 aliphatic carbocycles. The summed E-state index contributed by atoms with van der Waals surface area (Å²) in [5.74, 6) is 0.418. The lowest BCUT2D eigenvalue weighted by Crippen LogP contribution is -2.59. The lowest BCUT2D eigenvalue weighted by atomic mass is 9.67. The molecular weight excluding hydrogens is 278 g/mol. The molecule has 0 unspecified atom stereocenters. The molecule has 1 N–H and O–H groups in total. The van der Waals surface area contributed by atoms with E-state index in [-0.39, 0.29) is 23.8 Å². The van der Waals surface area contributed by atoms with Crippen LogP contribution in [0, 0.1) is 11.8 Å². The quantitative estimate of drug-likeness (QED) is 0.768. The van der Waals surface area contributed by atoms with Gasteiger partial charge in [0.05, 0.1) is 6.67 Å². The van der Waals surface area contributed by atoms with Crippen LogP contribution in [0.2, 0.25) is 0 Å². The number of carbonyl (C=O) groups is 2. The summed E-state index contributed by atoms with van der Waals surface area (Å²) in [7, 11) is 0. The summed E-state index contributed by atoms with van der Waals surface area (Å²) in [6.45, 7) is 10.7. The Hall–Kier alpha value is -1.10. The van der Waals surface area contributed by atoms with Crippen LogP contribution in [0.4, 0.5) is 4.79 Å². The number of nitrogens with zero attached hydrogens (tertiary/aromatic N) is 2. The minimum absolute atomic E-state index is 0.00518. The van der Waals surface area contributed by atoms with Gasteiger partial charge in [0.15, 0.2) is 0 Å². The standard InChI is InChI=1S/C17H31N3O2/c1-5-10-19(11-6-2)12-20-15(21)17(18-16(20)22)13(3)8-7-9-14(17)4/h13-14H,5-12H2,1-4H3,(H,18,22)/t13-,14-/m1/s1. The van der Waals surface area contributed by atoms with Gasteiger partial charge in [-0.25, -0.2) is 9.69 Å². The monoisotopic (exact) mass is 309 g/mol. The van der Waals surface area contributed by atoms with Crippen LogP contribution in [0.15, 0.2) is 0 Å². The summed E-state index contributed by atoms with van der Waals surface area (Å²) in [6.07, 6.45) is 5.23. The number of nitrogens with one attached hydrogen (secondary N) is 1. The van der Waals surface area contributed by atoms with Crippen LogP contribution >= 0.6 is 0 Å². The van der Waals surface area contributed by atoms with E-state index in [1.165, 1.54) is 4.90 Å². The number of carbonyl (C=O) groups excluding carboxylic acids is 2. The second-order valence-corrected chi connectivity index (χ2v) is 7.02. The zero-order chi connectivity index (χ0) is 16.3. The van der Waals surface area contributed by atoms with Crippen molar-refractivity contribution < 1.29 is 9.59 Å². The predicted molar refractivity (Wildman–Crippen MR) is 87.3 cm³/mol. The molecule has 0 aromatic rings. The Bertz CT molecular complexity index is 408. The van der Waals surface area contributed by atoms with Gasteiger partial charge >= 0.3 is 6.03 Å². The molecule has 3 amide bonds. The fourth-order valence-electron chi connectivity index (χ4n) is 4.17. The van der Waals surface area contributed by atoms with Gasteiger partial charge in [-0.3, -0.25) is 9.69 Å². The van der Waals surface area contributed by atoms with Crippen molar-refractivity contribution >= 4 is 11.9 Å². The highest BCUT2D eigenvalue weighted by Gasteiger charge is 2.58. The van der Waals surface area contributed by atoms with Crippen molar-refractivity contribution in [1.82, 2.24) is 15.1 Å². The molecule has 5 nitrogen and oxygen atoms in total. The molecular formula is C17H31N3O2. The molecule has 1 saturated carbocycles. The van der Waals surface area contributed by atoms with Crippen LogP contribution in [-0.2, 0) is 4.79 Å². The van der Waals surface area contributed by atoms with Gasteiger partial charge in [-0.15, -0.1) is 0 Å². The van der Waals surface area contributed by atoms with Crippen molar-refractivity contribution in [2.24, 2.45) is 11.8 Å². The van der Waals surface area contributed by atoms with Crippen molar-refractivity contribution in [2.75, 3.05) is 19.8 Å². The molecule has 1 spiro atoms. The molecule has 22 heavy (non-hydrogen) atoms. The molecule has 2 atom stereocenters. The van der Waals surface area contributed by atoms with Crippen molar-refractivity contribution in [1.29, 1.82) is 0 Å². The lowest BCUT2D eigenvalue weighted by Gasteiger charge is -2.42. The Morgan fingerprint density at radius 3 is 2.18 bits per heavy atom. The van der Waals surface area contributed by atoms with Crippen LogP contribution in [-0.4, -0.2) is 47.0 Å². The minimum Gasteiger partial charge on any atom is -0.323 e. The summed E-state index contributed by atoms with van der Waals surface area (Å²) < 4.78 is 0. The number of hydrogen-bond donors (Lipinski definition) is 1. The van der Waals surface area contributed by atoms with E-state index in [0.717, 1.165) is 45.2 Å². The normalized spacial score (nSPS) is 27.8. The number of rotatable bonds is 6. The Labute approximate surface area is 134 Å². The molecule has 1 heterocycles. The summed E-state index contributed by atoms with van der Waals surface area (Å²) >= 11 is 0. The van der Waals surface area contributed by atoms with Crippen LogP contribution in [0.1, 0.15) is 59.8 Å². The van der Waals surface area contributed by atoms with E-state index in [9.17, 15) is 9.59 Å². The average Bonchev–Trinajstić information content (AvgIpc) is 2.71. The van der Waals surface area contributed by atoms with Gasteiger partial charge in [0.25, 0.3) is 5.91 Å². The highest BCUT2D eigenvalue weighted by Crippen LogP contribution is 2.42. The van der Waals surface area contributed by atoms with Gasteiger partial charge in [-0.05, 0) is 50.6 Å². The maximum Gasteiger partial charge on any atom is 0.326 e. The van der Waals surface area contributed by atoms with Crippen LogP contribution in [0.5, 0.6) is 0 Å². The van der Waals surface area contributed by atoms with Crippen LogP contribution in [0.3, 0.4) is 0 Å². The summed E-state index contributed by atoms with van der Waals surface area (Å²) in [4.78, 5) is 29.2. The Balaban J connectivity index is 2.17. The Morgan fingerprint density at radius 1 is 1.14 bits per heavy atom. The summed E-state index contributed by atoms with van der Waals surface area (Å²) in [5.41, 5.74) is -0.667. The average molecular weight is 309 g/mol. The van der Waals surface area contributed by atoms with E-state index in [2.05, 4.69) is 37.9 Å². The number of hydrogen-bond acceptors (Lipinski definition) is 3. The largest absolute Gasteiger partial charge is 0.326 e. The highest BCUT2D eigenvalue weighted by molar-refractivity contribution is 6.07. The van der Waals surface area contributed by atoms with E-state index in [4.69, 9.17) is 0 Å². The molecule has 2 rings (SSSR count). The molecule has 0 bridgehead atoms. The Kier molecular flexibility index (Phi) is 5.48. The maximum atomic E-state index is 13.1. The summed E-state index contributed by atoms with van der Waals surface area (Å²) in [5, 5.41) is 3.07. The molecule has 1 saturated heterocycles. The molecule has 2 fully saturated rings. The number of amides is 3. The molecule has 0 radical (unpaired) electrons. The predicted octanol–water partition coefficient (Wildman–Crippen LogP) is 2.81. The smallest absolute Gasteiger partial charge is 0.323 e. The maximum absolute atomic E-state index is 13.1. The van der Waals surface area contributed by atoms with Gasteiger partial charge in [0.2, 0.25) is 0 Å². The van der Waals surface area contributed by atoms with Crippen molar-refractivity contribution in [3.05, 3.63) is 0 Å². The van der Waals surface area contributed by atoms with Gasteiger partial charge < -0.3 is 5.32 Å². The van der Waals surface area contributed by atoms with Gasteiger partial charge in [-0.2, -0.15) is 0 Å². The zero-order valence-corrected chi connectivity index (χ0v) is 14.5. The highest BCUT2D eigenvalue weighted by atomic mass is 16.2. The number of urea groups is 1. The van der Waals surface area contributed by atoms with E-state index in [1.807, 2.05) is 0 Å². The first-order valence-electron chi connectivity index (χ1n) is 8.83. The second kappa shape index (κ2) is 6.99. The van der Waals surface area contributed by atoms with Crippen molar-refractivity contribution in [3.63, 3.8) is 0 Å². The van der Waals surface area contributed by atoms with Crippen LogP contribution < -0.4 is 5.32 Å². The molecule has 5 heteroatoms. The summed E-state index contributed by atoms with van der Waals surface area (Å²) in [6, 6.07) is -0.206. The van der Waals surface area contributed by atoms with E-state index in [1.54, 1.807) is 0 Å². The zero-order valence-electron chi connectivity index (χ0n) is 14.5. The third-order valence-corrected chi connectivity index (χ3v) is 5.41. The number of imide groups is 1. The fraction of sp³-hybridized carbons (Fsp3) is 0.882. The van der Waals surface area contributed by atoms with Crippen molar-refractivity contribution in [2.45, 2.75) is 65.3 Å². The first-order chi connectivity index (χ1) is 10.5. The third-order valence-electron chi connectivity index (χ3n) is 5.41. The molecule has 0 aromatic heterocycles. The van der Waals surface area contributed by atoms with Gasteiger partial charge in [0, 0.05) is 0 Å². The first-order valence-corrected chi connectivity index (χ1v) is 8.83. The molecule has 0 aromatic carbocycles. The third kappa shape index (κ3) is 2.87. The first kappa shape index (κ1) is 17.3. The fourth-order valence-corrected chi connectivity index (χ4v) is 4.17. The van der Waals surface area contributed by atoms with Gasteiger partial charge in [0.1, 0.15) is 5.54 Å². The van der Waals surface area contributed by atoms with Crippen molar-refractivity contribution in [3.8, 4) is 0 Å². The minimum atomic E-state index is -0.667. The van der Waals surface area contributed by atoms with Crippen LogP contribution in [0.25, 0.3) is 0 Å². The Morgan fingerprint density at radius 2 is 1.68 bits per heavy atom. The topological polar surface area (TPSA) is 52.6 Å². The molecule has 126 valence electrons. The second-order valence-electron chi connectivity index (χ2n) is 7.02. The SMILES string of the molecule is CCCN(CCC)CN1C(=O)NC2(C1=O)[C@H](C)CCC[C@H]2C. The molecule has 1 aliphatic heterocycles. The van der Waals surface area contributed by atoms with E-state index >= 15 is 0 Å². The lowest BCUT2D eigenvalue weighted by molar-refractivity contribution is -0.138. The van der Waals surface area contributed by atoms with Gasteiger partial charge in [-0.1, -0.05) is 34.1 Å².